The average molecular weight is 247 g/mol. The molecule has 96 valence electrons. The second kappa shape index (κ2) is 4.61. The number of nitrogens with zero attached hydrogens (tertiary/aromatic N) is 1. The number of rotatable bonds is 2. The smallest absolute Gasteiger partial charge is 0.410 e. The first-order valence-electron chi connectivity index (χ1n) is 6.43. The number of hydrogen-bond donors (Lipinski definition) is 1. The summed E-state index contributed by atoms with van der Waals surface area (Å²) in [4.78, 5) is 13.7. The van der Waals surface area contributed by atoms with E-state index in [0.29, 0.717) is 13.0 Å². The number of ether oxygens (including phenoxy) is 1. The van der Waals surface area contributed by atoms with E-state index in [9.17, 15) is 9.90 Å². The summed E-state index contributed by atoms with van der Waals surface area (Å²) in [6.07, 6.45) is 1.25. The van der Waals surface area contributed by atoms with Crippen molar-refractivity contribution in [2.45, 2.75) is 44.1 Å². The zero-order chi connectivity index (χ0) is 12.5. The quantitative estimate of drug-likeness (QED) is 0.868. The summed E-state index contributed by atoms with van der Waals surface area (Å²) >= 11 is 0. The van der Waals surface area contributed by atoms with Crippen LogP contribution in [0.2, 0.25) is 0 Å². The van der Waals surface area contributed by atoms with Crippen LogP contribution in [0.3, 0.4) is 0 Å². The number of carbonyl (C=O) groups is 1. The molecule has 1 N–H and O–H groups in total. The van der Waals surface area contributed by atoms with E-state index in [2.05, 4.69) is 0 Å². The van der Waals surface area contributed by atoms with Gasteiger partial charge in [0.1, 0.15) is 6.10 Å². The fourth-order valence-electron chi connectivity index (χ4n) is 2.82. The molecule has 1 heterocycles. The van der Waals surface area contributed by atoms with Crippen molar-refractivity contribution in [1.82, 2.24) is 4.90 Å². The van der Waals surface area contributed by atoms with Crippen molar-refractivity contribution >= 4 is 6.09 Å². The molecular weight excluding hydrogens is 230 g/mol. The van der Waals surface area contributed by atoms with E-state index in [1.54, 1.807) is 4.90 Å². The lowest BCUT2D eigenvalue weighted by molar-refractivity contribution is -0.0880. The van der Waals surface area contributed by atoms with Gasteiger partial charge in [-0.25, -0.2) is 4.79 Å². The van der Waals surface area contributed by atoms with Gasteiger partial charge in [0.15, 0.2) is 0 Å². The maximum atomic E-state index is 12.0. The van der Waals surface area contributed by atoms with Crippen molar-refractivity contribution in [3.63, 3.8) is 0 Å². The van der Waals surface area contributed by atoms with Crippen molar-refractivity contribution < 1.29 is 14.6 Å². The second-order valence-corrected chi connectivity index (χ2v) is 5.07. The Morgan fingerprint density at radius 2 is 2.06 bits per heavy atom. The zero-order valence-electron chi connectivity index (χ0n) is 10.2. The molecule has 1 amide bonds. The first kappa shape index (κ1) is 11.5. The molecule has 3 atom stereocenters. The highest BCUT2D eigenvalue weighted by Gasteiger charge is 2.41. The maximum Gasteiger partial charge on any atom is 0.410 e. The number of amides is 1. The van der Waals surface area contributed by atoms with E-state index in [0.717, 1.165) is 18.4 Å². The number of benzene rings is 1. The van der Waals surface area contributed by atoms with Crippen LogP contribution in [0, 0.1) is 0 Å². The predicted molar refractivity (Wildman–Crippen MR) is 65.9 cm³/mol. The molecule has 1 saturated carbocycles. The van der Waals surface area contributed by atoms with Crippen LogP contribution in [0.5, 0.6) is 0 Å². The standard InChI is InChI=1S/C14H17NO3/c16-12-7-6-11-8-13(12)18-14(17)15(11)9-10-4-2-1-3-5-10/h1-5,11-13,16H,6-9H2/t11-,12-,13-/m1/s1. The summed E-state index contributed by atoms with van der Waals surface area (Å²) < 4.78 is 5.29. The van der Waals surface area contributed by atoms with Gasteiger partial charge < -0.3 is 14.7 Å². The Bertz CT molecular complexity index is 434. The van der Waals surface area contributed by atoms with Gasteiger partial charge in [-0.3, -0.25) is 0 Å². The number of aliphatic hydroxyl groups is 1. The Morgan fingerprint density at radius 3 is 2.83 bits per heavy atom. The summed E-state index contributed by atoms with van der Waals surface area (Å²) in [5.41, 5.74) is 1.11. The molecule has 0 aromatic heterocycles. The average Bonchev–Trinajstić information content (AvgIpc) is 2.39. The van der Waals surface area contributed by atoms with Crippen molar-refractivity contribution in [2.75, 3.05) is 0 Å². The highest BCUT2D eigenvalue weighted by Crippen LogP contribution is 2.32. The minimum atomic E-state index is -0.482. The summed E-state index contributed by atoms with van der Waals surface area (Å²) in [5.74, 6) is 0. The molecule has 0 unspecified atom stereocenters. The van der Waals surface area contributed by atoms with Crippen LogP contribution in [0.15, 0.2) is 30.3 Å². The van der Waals surface area contributed by atoms with E-state index in [1.165, 1.54) is 0 Å². The lowest BCUT2D eigenvalue weighted by Gasteiger charge is -2.44. The minimum absolute atomic E-state index is 0.208. The van der Waals surface area contributed by atoms with Gasteiger partial charge in [-0.1, -0.05) is 30.3 Å². The molecule has 2 bridgehead atoms. The third-order valence-corrected chi connectivity index (χ3v) is 3.85. The van der Waals surface area contributed by atoms with Gasteiger partial charge in [0.25, 0.3) is 0 Å². The highest BCUT2D eigenvalue weighted by molar-refractivity contribution is 5.69. The first-order chi connectivity index (χ1) is 8.74. The van der Waals surface area contributed by atoms with E-state index in [1.807, 2.05) is 30.3 Å². The number of aliphatic hydroxyl groups excluding tert-OH is 1. The number of hydrogen-bond acceptors (Lipinski definition) is 3. The van der Waals surface area contributed by atoms with E-state index >= 15 is 0 Å². The molecule has 2 aliphatic rings. The van der Waals surface area contributed by atoms with E-state index in [4.69, 9.17) is 4.74 Å². The van der Waals surface area contributed by atoms with Crippen molar-refractivity contribution in [2.24, 2.45) is 0 Å². The molecule has 1 aliphatic carbocycles. The summed E-state index contributed by atoms with van der Waals surface area (Å²) in [6.45, 7) is 0.590. The molecule has 0 spiro atoms. The largest absolute Gasteiger partial charge is 0.443 e. The van der Waals surface area contributed by atoms with E-state index < -0.39 is 6.10 Å². The summed E-state index contributed by atoms with van der Waals surface area (Å²) in [7, 11) is 0. The zero-order valence-corrected chi connectivity index (χ0v) is 10.2. The molecule has 2 fully saturated rings. The Labute approximate surface area is 106 Å². The van der Waals surface area contributed by atoms with Gasteiger partial charge >= 0.3 is 6.09 Å². The van der Waals surface area contributed by atoms with Gasteiger partial charge in [-0.15, -0.1) is 0 Å². The Morgan fingerprint density at radius 1 is 1.28 bits per heavy atom. The van der Waals surface area contributed by atoms with Crippen LogP contribution in [0.1, 0.15) is 24.8 Å². The fraction of sp³-hybridized carbons (Fsp3) is 0.500. The Hall–Kier alpha value is -1.55. The number of fused-ring (bicyclic) bond motifs is 2. The van der Waals surface area contributed by atoms with Crippen LogP contribution in [-0.2, 0) is 11.3 Å². The van der Waals surface area contributed by atoms with Gasteiger partial charge in [-0.2, -0.15) is 0 Å². The van der Waals surface area contributed by atoms with Crippen LogP contribution in [0.25, 0.3) is 0 Å². The highest BCUT2D eigenvalue weighted by atomic mass is 16.6. The Balaban J connectivity index is 1.74. The third-order valence-electron chi connectivity index (χ3n) is 3.85. The normalized spacial score (nSPS) is 31.1. The van der Waals surface area contributed by atoms with Crippen molar-refractivity contribution in [3.05, 3.63) is 35.9 Å². The fourth-order valence-corrected chi connectivity index (χ4v) is 2.82. The SMILES string of the molecule is O=C1O[C@@H]2C[C@@H](CC[C@H]2O)N1Cc1ccccc1. The van der Waals surface area contributed by atoms with Gasteiger partial charge in [0.2, 0.25) is 0 Å². The molecule has 1 aromatic carbocycles. The van der Waals surface area contributed by atoms with E-state index in [-0.39, 0.29) is 18.2 Å². The van der Waals surface area contributed by atoms with Gasteiger partial charge in [0, 0.05) is 19.0 Å². The maximum absolute atomic E-state index is 12.0. The van der Waals surface area contributed by atoms with Gasteiger partial charge in [-0.05, 0) is 18.4 Å². The molecule has 0 radical (unpaired) electrons. The molecule has 18 heavy (non-hydrogen) atoms. The lowest BCUT2D eigenvalue weighted by atomic mass is 9.88. The molecule has 1 aliphatic heterocycles. The molecule has 1 aromatic rings. The monoisotopic (exact) mass is 247 g/mol. The molecule has 4 nitrogen and oxygen atoms in total. The Kier molecular flexibility index (Phi) is 2.96. The molecular formula is C14H17NO3. The van der Waals surface area contributed by atoms with Crippen molar-refractivity contribution in [3.8, 4) is 0 Å². The topological polar surface area (TPSA) is 49.8 Å². The van der Waals surface area contributed by atoms with Crippen LogP contribution in [0.4, 0.5) is 4.79 Å². The molecule has 3 rings (SSSR count). The molecule has 1 saturated heterocycles. The third kappa shape index (κ3) is 2.08. The minimum Gasteiger partial charge on any atom is -0.443 e. The van der Waals surface area contributed by atoms with Crippen LogP contribution in [-0.4, -0.2) is 34.3 Å². The van der Waals surface area contributed by atoms with Crippen molar-refractivity contribution in [1.29, 1.82) is 0 Å². The predicted octanol–water partition coefficient (Wildman–Crippen LogP) is 1.92. The van der Waals surface area contributed by atoms with Crippen LogP contribution >= 0.6 is 0 Å². The second-order valence-electron chi connectivity index (χ2n) is 5.07. The lowest BCUT2D eigenvalue weighted by Crippen LogP contribution is -2.54. The first-order valence-corrected chi connectivity index (χ1v) is 6.43. The molecule has 4 heteroatoms. The summed E-state index contributed by atoms with van der Waals surface area (Å²) in [6, 6.07) is 10.1. The number of carbonyl (C=O) groups excluding carboxylic acids is 1. The van der Waals surface area contributed by atoms with Crippen LogP contribution < -0.4 is 0 Å². The van der Waals surface area contributed by atoms with Gasteiger partial charge in [0.05, 0.1) is 6.10 Å². The summed E-state index contributed by atoms with van der Waals surface area (Å²) in [5, 5.41) is 9.72.